The van der Waals surface area contributed by atoms with Gasteiger partial charge in [-0.15, -0.1) is 0 Å². The molecule has 4 heteroatoms. The molecule has 0 radical (unpaired) electrons. The van der Waals surface area contributed by atoms with E-state index in [1.54, 1.807) is 18.3 Å². The molecule has 0 aliphatic carbocycles. The van der Waals surface area contributed by atoms with Gasteiger partial charge in [0.15, 0.2) is 5.58 Å². The van der Waals surface area contributed by atoms with Gasteiger partial charge in [0, 0.05) is 6.07 Å². The van der Waals surface area contributed by atoms with Gasteiger partial charge in [-0.25, -0.2) is 0 Å². The van der Waals surface area contributed by atoms with E-state index in [0.29, 0.717) is 5.58 Å². The van der Waals surface area contributed by atoms with E-state index >= 15 is 0 Å². The van der Waals surface area contributed by atoms with E-state index < -0.39 is 0 Å². The van der Waals surface area contributed by atoms with Crippen LogP contribution in [0, 0.1) is 5.41 Å². The van der Waals surface area contributed by atoms with E-state index in [2.05, 4.69) is 10.2 Å². The van der Waals surface area contributed by atoms with Crippen molar-refractivity contribution in [2.24, 2.45) is 0 Å². The lowest BCUT2D eigenvalue weighted by atomic mass is 10.4. The summed E-state index contributed by atoms with van der Waals surface area (Å²) in [5.41, 5.74) is 1.58. The lowest BCUT2D eigenvalue weighted by Crippen LogP contribution is -1.93. The van der Waals surface area contributed by atoms with Gasteiger partial charge in [0.05, 0.1) is 6.20 Å². The highest BCUT2D eigenvalue weighted by Gasteiger charge is 1.93. The van der Waals surface area contributed by atoms with Crippen LogP contribution in [0.1, 0.15) is 0 Å². The van der Waals surface area contributed by atoms with Gasteiger partial charge in [-0.1, -0.05) is 0 Å². The zero-order valence-electron chi connectivity index (χ0n) is 5.09. The molecule has 10 heavy (non-hydrogen) atoms. The predicted molar refractivity (Wildman–Crippen MR) is 34.2 cm³/mol. The summed E-state index contributed by atoms with van der Waals surface area (Å²) in [7, 11) is 0. The normalized spacial score (nSPS) is 10.4. The Morgan fingerprint density at radius 1 is 1.50 bits per heavy atom. The number of hydrogen-bond acceptors (Lipinski definition) is 3. The summed E-state index contributed by atoms with van der Waals surface area (Å²) < 4.78 is 4.97. The maximum Gasteiger partial charge on any atom is 0.212 e. The fourth-order valence-electron chi connectivity index (χ4n) is 0.797. The van der Waals surface area contributed by atoms with Gasteiger partial charge < -0.3 is 4.42 Å². The third-order valence-electron chi connectivity index (χ3n) is 1.25. The number of hydrogen-bond donors (Lipinski definition) is 2. The van der Waals surface area contributed by atoms with Gasteiger partial charge in [-0.3, -0.25) is 10.5 Å². The summed E-state index contributed by atoms with van der Waals surface area (Å²) in [4.78, 5) is 0. The number of H-pyrrole nitrogens is 1. The number of aromatic nitrogens is 2. The van der Waals surface area contributed by atoms with Gasteiger partial charge in [-0.2, -0.15) is 5.10 Å². The number of nitrogens with zero attached hydrogens (tertiary/aromatic N) is 1. The summed E-state index contributed by atoms with van der Waals surface area (Å²) in [5, 5.41) is 13.6. The second-order valence-corrected chi connectivity index (χ2v) is 1.95. The van der Waals surface area contributed by atoms with E-state index in [4.69, 9.17) is 9.83 Å². The largest absolute Gasteiger partial charge is 0.436 e. The third-order valence-corrected chi connectivity index (χ3v) is 1.25. The van der Waals surface area contributed by atoms with Crippen molar-refractivity contribution in [2.45, 2.75) is 0 Å². The molecule has 0 amide bonds. The molecule has 0 atom stereocenters. The standard InChI is InChI=1S/C6H5N3O/c7-6-2-1-4-5(10-6)3-8-9-4/h1-3,7H,(H,8,9). The maximum absolute atomic E-state index is 7.11. The Labute approximate surface area is 56.0 Å². The van der Waals surface area contributed by atoms with Crippen molar-refractivity contribution in [3.8, 4) is 0 Å². The maximum atomic E-state index is 7.11. The van der Waals surface area contributed by atoms with Crippen LogP contribution in [0.25, 0.3) is 11.1 Å². The minimum absolute atomic E-state index is 0.147. The third kappa shape index (κ3) is 0.621. The quantitative estimate of drug-likeness (QED) is 0.556. The van der Waals surface area contributed by atoms with Crippen LogP contribution in [0.15, 0.2) is 22.7 Å². The molecular weight excluding hydrogens is 130 g/mol. The molecule has 50 valence electrons. The van der Waals surface area contributed by atoms with Crippen molar-refractivity contribution in [1.82, 2.24) is 10.2 Å². The van der Waals surface area contributed by atoms with Crippen LogP contribution in [-0.2, 0) is 0 Å². The summed E-state index contributed by atoms with van der Waals surface area (Å²) >= 11 is 0. The topological polar surface area (TPSA) is 65.7 Å². The van der Waals surface area contributed by atoms with Crippen molar-refractivity contribution >= 4 is 11.1 Å². The monoisotopic (exact) mass is 135 g/mol. The number of aromatic amines is 1. The summed E-state index contributed by atoms with van der Waals surface area (Å²) in [5.74, 6) is 0. The molecule has 2 heterocycles. The molecule has 2 rings (SSSR count). The van der Waals surface area contributed by atoms with Crippen LogP contribution >= 0.6 is 0 Å². The molecule has 0 saturated heterocycles. The fourth-order valence-corrected chi connectivity index (χ4v) is 0.797. The average molecular weight is 135 g/mol. The molecule has 0 aliphatic rings. The molecule has 2 aromatic heterocycles. The predicted octanol–water partition coefficient (Wildman–Crippen LogP) is 0.635. The molecule has 0 aromatic carbocycles. The highest BCUT2D eigenvalue weighted by atomic mass is 16.3. The van der Waals surface area contributed by atoms with Crippen molar-refractivity contribution in [3.63, 3.8) is 0 Å². The average Bonchev–Trinajstić information content (AvgIpc) is 2.33. The molecule has 2 aromatic rings. The Bertz CT molecular complexity index is 400. The summed E-state index contributed by atoms with van der Waals surface area (Å²) in [6, 6.07) is 3.33. The van der Waals surface area contributed by atoms with Gasteiger partial charge >= 0.3 is 0 Å². The molecular formula is C6H5N3O. The van der Waals surface area contributed by atoms with Gasteiger partial charge in [-0.05, 0) is 6.07 Å². The van der Waals surface area contributed by atoms with Gasteiger partial charge in [0.2, 0.25) is 5.55 Å². The Hall–Kier alpha value is -1.58. The Balaban J connectivity index is 2.99. The molecule has 0 fully saturated rings. The van der Waals surface area contributed by atoms with Crippen LogP contribution in [0.4, 0.5) is 0 Å². The van der Waals surface area contributed by atoms with Crippen molar-refractivity contribution < 1.29 is 4.42 Å². The smallest absolute Gasteiger partial charge is 0.212 e. The van der Waals surface area contributed by atoms with Crippen LogP contribution in [-0.4, -0.2) is 10.2 Å². The first-order valence-corrected chi connectivity index (χ1v) is 2.84. The van der Waals surface area contributed by atoms with Gasteiger partial charge in [0.1, 0.15) is 5.52 Å². The molecule has 0 aliphatic heterocycles. The van der Waals surface area contributed by atoms with E-state index in [9.17, 15) is 0 Å². The van der Waals surface area contributed by atoms with Crippen molar-refractivity contribution in [3.05, 3.63) is 23.9 Å². The molecule has 0 saturated carbocycles. The van der Waals surface area contributed by atoms with Crippen molar-refractivity contribution in [2.75, 3.05) is 0 Å². The van der Waals surface area contributed by atoms with E-state index in [1.807, 2.05) is 0 Å². The van der Waals surface area contributed by atoms with Crippen LogP contribution in [0.5, 0.6) is 0 Å². The van der Waals surface area contributed by atoms with Gasteiger partial charge in [0.25, 0.3) is 0 Å². The lowest BCUT2D eigenvalue weighted by molar-refractivity contribution is 0.533. The summed E-state index contributed by atoms with van der Waals surface area (Å²) in [6.45, 7) is 0. The first kappa shape index (κ1) is 5.22. The van der Waals surface area contributed by atoms with Crippen LogP contribution in [0.2, 0.25) is 0 Å². The lowest BCUT2D eigenvalue weighted by Gasteiger charge is -1.83. The molecule has 0 unspecified atom stereocenters. The zero-order chi connectivity index (χ0) is 6.97. The minimum Gasteiger partial charge on any atom is -0.436 e. The zero-order valence-corrected chi connectivity index (χ0v) is 5.09. The van der Waals surface area contributed by atoms with Crippen LogP contribution in [0.3, 0.4) is 0 Å². The minimum atomic E-state index is 0.147. The fraction of sp³-hybridized carbons (Fsp3) is 0. The van der Waals surface area contributed by atoms with Crippen LogP contribution < -0.4 is 5.55 Å². The first-order chi connectivity index (χ1) is 4.86. The van der Waals surface area contributed by atoms with Crippen molar-refractivity contribution in [1.29, 1.82) is 5.41 Å². The number of nitrogens with one attached hydrogen (secondary N) is 2. The Kier molecular flexibility index (Phi) is 0.887. The summed E-state index contributed by atoms with van der Waals surface area (Å²) in [6.07, 6.45) is 1.55. The number of fused-ring (bicyclic) bond motifs is 1. The molecule has 0 bridgehead atoms. The SMILES string of the molecule is N=c1ccc2[nH]ncc2o1. The Morgan fingerprint density at radius 2 is 2.40 bits per heavy atom. The molecule has 2 N–H and O–H groups in total. The Morgan fingerprint density at radius 3 is 3.30 bits per heavy atom. The molecule has 0 spiro atoms. The van der Waals surface area contributed by atoms with E-state index in [-0.39, 0.29) is 5.55 Å². The molecule has 4 nitrogen and oxygen atoms in total. The first-order valence-electron chi connectivity index (χ1n) is 2.84. The highest BCUT2D eigenvalue weighted by molar-refractivity contribution is 5.69. The second-order valence-electron chi connectivity index (χ2n) is 1.95. The van der Waals surface area contributed by atoms with E-state index in [1.165, 1.54) is 0 Å². The number of rotatable bonds is 0. The van der Waals surface area contributed by atoms with E-state index in [0.717, 1.165) is 5.52 Å². The second kappa shape index (κ2) is 1.70. The highest BCUT2D eigenvalue weighted by Crippen LogP contribution is 2.04.